The van der Waals surface area contributed by atoms with Crippen LogP contribution in [0.1, 0.15) is 27.7 Å². The molecule has 0 aliphatic carbocycles. The summed E-state index contributed by atoms with van der Waals surface area (Å²) < 4.78 is 32.8. The van der Waals surface area contributed by atoms with Crippen LogP contribution in [0.5, 0.6) is 34.5 Å². The molecule has 194 valence electrons. The zero-order valence-electron chi connectivity index (χ0n) is 21.5. The molecule has 0 saturated heterocycles. The van der Waals surface area contributed by atoms with Gasteiger partial charge in [-0.1, -0.05) is 12.1 Å². The Labute approximate surface area is 215 Å². The minimum Gasteiger partial charge on any atom is -0.493 e. The fourth-order valence-corrected chi connectivity index (χ4v) is 4.15. The molecule has 0 radical (unpaired) electrons. The van der Waals surface area contributed by atoms with Gasteiger partial charge in [0.2, 0.25) is 11.5 Å². The molecule has 3 aromatic rings. The number of fused-ring (bicyclic) bond motifs is 1. The van der Waals surface area contributed by atoms with Crippen LogP contribution in [-0.2, 0) is 0 Å². The summed E-state index contributed by atoms with van der Waals surface area (Å²) in [5, 5.41) is 9.35. The molecule has 10 heteroatoms. The first-order valence-electron chi connectivity index (χ1n) is 11.3. The molecule has 1 aliphatic heterocycles. The number of carbonyl (C=O) groups excluding carboxylic acids is 1. The number of carbonyl (C=O) groups is 1. The Kier molecular flexibility index (Phi) is 7.57. The molecular weight excluding hydrogens is 478 g/mol. The first-order valence-corrected chi connectivity index (χ1v) is 11.3. The standard InChI is InChI=1S/C27H29N3O7/c1-32-20-11-16(12-21(33-2)24(20)36-5)15-28-30-26(29-19-10-8-7-9-18(19)27(30)31)17-13-22(34-3)25(37-6)23(14-17)35-4/h7-15,26,29H,1-6H3/b28-15-/t26-/m0/s1. The number of para-hydroxylation sites is 1. The average molecular weight is 508 g/mol. The Balaban J connectivity index is 1.82. The number of hydrazone groups is 1. The number of hydrogen-bond acceptors (Lipinski definition) is 9. The van der Waals surface area contributed by atoms with Crippen molar-refractivity contribution in [3.05, 3.63) is 65.2 Å². The lowest BCUT2D eigenvalue weighted by molar-refractivity contribution is 0.0691. The van der Waals surface area contributed by atoms with Crippen molar-refractivity contribution in [3.8, 4) is 34.5 Å². The van der Waals surface area contributed by atoms with Crippen molar-refractivity contribution in [2.45, 2.75) is 6.17 Å². The van der Waals surface area contributed by atoms with Crippen molar-refractivity contribution in [1.29, 1.82) is 0 Å². The second-order valence-corrected chi connectivity index (χ2v) is 7.90. The van der Waals surface area contributed by atoms with Crippen molar-refractivity contribution in [2.75, 3.05) is 48.0 Å². The van der Waals surface area contributed by atoms with Crippen molar-refractivity contribution in [2.24, 2.45) is 5.10 Å². The van der Waals surface area contributed by atoms with E-state index in [1.807, 2.05) is 12.1 Å². The van der Waals surface area contributed by atoms with Crippen LogP contribution in [0.4, 0.5) is 5.69 Å². The quantitative estimate of drug-likeness (QED) is 0.427. The first-order chi connectivity index (χ1) is 18.0. The smallest absolute Gasteiger partial charge is 0.278 e. The van der Waals surface area contributed by atoms with Gasteiger partial charge in [-0.25, -0.2) is 5.01 Å². The van der Waals surface area contributed by atoms with Crippen LogP contribution < -0.4 is 33.7 Å². The normalized spacial score (nSPS) is 14.6. The number of benzene rings is 3. The fraction of sp³-hybridized carbons (Fsp3) is 0.259. The monoisotopic (exact) mass is 507 g/mol. The highest BCUT2D eigenvalue weighted by Crippen LogP contribution is 2.43. The molecule has 0 saturated carbocycles. The van der Waals surface area contributed by atoms with Crippen LogP contribution in [0.15, 0.2) is 53.6 Å². The maximum Gasteiger partial charge on any atom is 0.278 e. The second-order valence-electron chi connectivity index (χ2n) is 7.90. The van der Waals surface area contributed by atoms with Crippen LogP contribution in [0.2, 0.25) is 0 Å². The van der Waals surface area contributed by atoms with E-state index in [9.17, 15) is 4.79 Å². The van der Waals surface area contributed by atoms with E-state index >= 15 is 0 Å². The number of hydrogen-bond donors (Lipinski definition) is 1. The minimum absolute atomic E-state index is 0.281. The summed E-state index contributed by atoms with van der Waals surface area (Å²) in [6, 6.07) is 14.3. The van der Waals surface area contributed by atoms with E-state index in [1.165, 1.54) is 47.7 Å². The summed E-state index contributed by atoms with van der Waals surface area (Å²) in [5.41, 5.74) is 2.50. The molecule has 1 heterocycles. The van der Waals surface area contributed by atoms with Crippen LogP contribution in [0.25, 0.3) is 0 Å². The van der Waals surface area contributed by atoms with Gasteiger partial charge in [0.15, 0.2) is 29.2 Å². The third-order valence-corrected chi connectivity index (χ3v) is 5.92. The molecular formula is C27H29N3O7. The van der Waals surface area contributed by atoms with E-state index in [2.05, 4.69) is 10.4 Å². The topological polar surface area (TPSA) is 100 Å². The number of anilines is 1. The SMILES string of the molecule is COc1cc(/C=N\N2C(=O)c3ccccc3N[C@@H]2c2cc(OC)c(OC)c(OC)c2)cc(OC)c1OC. The van der Waals surface area contributed by atoms with E-state index in [4.69, 9.17) is 28.4 Å². The predicted molar refractivity (Wildman–Crippen MR) is 139 cm³/mol. The molecule has 0 bridgehead atoms. The summed E-state index contributed by atoms with van der Waals surface area (Å²) in [4.78, 5) is 13.6. The van der Waals surface area contributed by atoms with Gasteiger partial charge in [-0.15, -0.1) is 0 Å². The minimum atomic E-state index is -0.672. The molecule has 1 N–H and O–H groups in total. The first kappa shape index (κ1) is 25.5. The highest BCUT2D eigenvalue weighted by Gasteiger charge is 2.34. The number of nitrogens with zero attached hydrogens (tertiary/aromatic N) is 2. The van der Waals surface area contributed by atoms with E-state index < -0.39 is 6.17 Å². The van der Waals surface area contributed by atoms with E-state index in [-0.39, 0.29) is 5.91 Å². The zero-order chi connectivity index (χ0) is 26.5. The molecule has 37 heavy (non-hydrogen) atoms. The van der Waals surface area contributed by atoms with Crippen molar-refractivity contribution < 1.29 is 33.2 Å². The Morgan fingerprint density at radius 2 is 1.27 bits per heavy atom. The van der Waals surface area contributed by atoms with Gasteiger partial charge >= 0.3 is 0 Å². The van der Waals surface area contributed by atoms with Crippen LogP contribution in [0.3, 0.4) is 0 Å². The van der Waals surface area contributed by atoms with Crippen LogP contribution in [0, 0.1) is 0 Å². The molecule has 10 nitrogen and oxygen atoms in total. The number of amides is 1. The van der Waals surface area contributed by atoms with Crippen LogP contribution in [-0.4, -0.2) is 59.8 Å². The summed E-state index contributed by atoms with van der Waals surface area (Å²) in [6.45, 7) is 0. The number of ether oxygens (including phenoxy) is 6. The molecule has 1 aliphatic rings. The maximum atomic E-state index is 13.6. The maximum absolute atomic E-state index is 13.6. The molecule has 0 spiro atoms. The van der Waals surface area contributed by atoms with Gasteiger partial charge in [0.1, 0.15) is 0 Å². The molecule has 1 atom stereocenters. The van der Waals surface area contributed by atoms with Gasteiger partial charge in [-0.05, 0) is 36.4 Å². The lowest BCUT2D eigenvalue weighted by atomic mass is 10.0. The van der Waals surface area contributed by atoms with Gasteiger partial charge in [0, 0.05) is 16.8 Å². The third kappa shape index (κ3) is 4.77. The lowest BCUT2D eigenvalue weighted by Gasteiger charge is -2.35. The number of methoxy groups -OCH3 is 6. The third-order valence-electron chi connectivity index (χ3n) is 5.92. The van der Waals surface area contributed by atoms with Crippen LogP contribution >= 0.6 is 0 Å². The van der Waals surface area contributed by atoms with Gasteiger partial charge in [-0.3, -0.25) is 4.79 Å². The molecule has 0 unspecified atom stereocenters. The van der Waals surface area contributed by atoms with Gasteiger partial charge in [0.25, 0.3) is 5.91 Å². The fourth-order valence-electron chi connectivity index (χ4n) is 4.15. The molecule has 4 rings (SSSR count). The van der Waals surface area contributed by atoms with Gasteiger partial charge in [-0.2, -0.15) is 5.10 Å². The Bertz CT molecular complexity index is 1280. The van der Waals surface area contributed by atoms with Crippen molar-refractivity contribution >= 4 is 17.8 Å². The zero-order valence-corrected chi connectivity index (χ0v) is 21.5. The van der Waals surface area contributed by atoms with Crippen molar-refractivity contribution in [1.82, 2.24) is 5.01 Å². The van der Waals surface area contributed by atoms with Crippen molar-refractivity contribution in [3.63, 3.8) is 0 Å². The Morgan fingerprint density at radius 3 is 1.78 bits per heavy atom. The Morgan fingerprint density at radius 1 is 0.757 bits per heavy atom. The highest BCUT2D eigenvalue weighted by atomic mass is 16.5. The largest absolute Gasteiger partial charge is 0.493 e. The van der Waals surface area contributed by atoms with E-state index in [0.29, 0.717) is 56.9 Å². The van der Waals surface area contributed by atoms with E-state index in [0.717, 1.165) is 0 Å². The lowest BCUT2D eigenvalue weighted by Crippen LogP contribution is -2.39. The van der Waals surface area contributed by atoms with Gasteiger partial charge < -0.3 is 33.7 Å². The summed E-state index contributed by atoms with van der Waals surface area (Å²) >= 11 is 0. The summed E-state index contributed by atoms with van der Waals surface area (Å²) in [6.07, 6.45) is 0.887. The number of rotatable bonds is 9. The molecule has 0 fully saturated rings. The van der Waals surface area contributed by atoms with Gasteiger partial charge in [0.05, 0.1) is 54.4 Å². The molecule has 3 aromatic carbocycles. The summed E-state index contributed by atoms with van der Waals surface area (Å²) in [5.74, 6) is 2.48. The Hall–Kier alpha value is -4.60. The predicted octanol–water partition coefficient (Wildman–Crippen LogP) is 4.34. The molecule has 1 amide bonds. The van der Waals surface area contributed by atoms with E-state index in [1.54, 1.807) is 42.6 Å². The summed E-state index contributed by atoms with van der Waals surface area (Å²) in [7, 11) is 9.21. The highest BCUT2D eigenvalue weighted by molar-refractivity contribution is 6.02. The average Bonchev–Trinajstić information content (AvgIpc) is 2.94. The second kappa shape index (κ2) is 11.0. The molecule has 0 aromatic heterocycles. The number of nitrogens with one attached hydrogen (secondary N) is 1.